The molecule has 0 unspecified atom stereocenters. The van der Waals surface area contributed by atoms with Gasteiger partial charge in [-0.2, -0.15) is 5.26 Å². The van der Waals surface area contributed by atoms with Gasteiger partial charge >= 0.3 is 0 Å². The van der Waals surface area contributed by atoms with Gasteiger partial charge in [-0.15, -0.1) is 0 Å². The first-order valence-electron chi connectivity index (χ1n) is 8.31. The van der Waals surface area contributed by atoms with E-state index in [2.05, 4.69) is 11.1 Å². The fraction of sp³-hybridized carbons (Fsp3) is 0.250. The molecular formula is C20H17N3OS. The largest absolute Gasteiger partial charge is 0.440 e. The lowest BCUT2D eigenvalue weighted by molar-refractivity contribution is 0.530. The summed E-state index contributed by atoms with van der Waals surface area (Å²) in [6, 6.07) is 12.2. The molecule has 0 saturated carbocycles. The second-order valence-electron chi connectivity index (χ2n) is 6.08. The maximum Gasteiger partial charge on any atom is 0.205 e. The van der Waals surface area contributed by atoms with E-state index in [-0.39, 0.29) is 0 Å². The Morgan fingerprint density at radius 1 is 1.24 bits per heavy atom. The summed E-state index contributed by atoms with van der Waals surface area (Å²) in [6.45, 7) is 2.03. The van der Waals surface area contributed by atoms with E-state index >= 15 is 0 Å². The van der Waals surface area contributed by atoms with Crippen LogP contribution >= 0.6 is 11.8 Å². The van der Waals surface area contributed by atoms with Gasteiger partial charge in [0, 0.05) is 11.3 Å². The van der Waals surface area contributed by atoms with Gasteiger partial charge < -0.3 is 4.42 Å². The Balaban J connectivity index is 1.56. The van der Waals surface area contributed by atoms with E-state index < -0.39 is 0 Å². The van der Waals surface area contributed by atoms with E-state index in [0.717, 1.165) is 46.9 Å². The van der Waals surface area contributed by atoms with E-state index in [1.807, 2.05) is 37.3 Å². The summed E-state index contributed by atoms with van der Waals surface area (Å²) in [5.41, 5.74) is 5.21. The van der Waals surface area contributed by atoms with Crippen LogP contribution < -0.4 is 0 Å². The molecule has 0 aliphatic heterocycles. The molecule has 0 saturated heterocycles. The van der Waals surface area contributed by atoms with E-state index in [4.69, 9.17) is 9.40 Å². The van der Waals surface area contributed by atoms with Gasteiger partial charge in [-0.05, 0) is 37.3 Å². The number of nitrogens with zero attached hydrogens (tertiary/aromatic N) is 3. The number of nitriles is 1. The normalized spacial score (nSPS) is 12.8. The van der Waals surface area contributed by atoms with Gasteiger partial charge in [0.15, 0.2) is 5.76 Å². The van der Waals surface area contributed by atoms with Crippen molar-refractivity contribution < 1.29 is 4.42 Å². The molecule has 4 nitrogen and oxygen atoms in total. The van der Waals surface area contributed by atoms with Crippen molar-refractivity contribution in [1.82, 2.24) is 9.97 Å². The van der Waals surface area contributed by atoms with Crippen molar-refractivity contribution in [2.75, 3.05) is 0 Å². The first kappa shape index (κ1) is 15.9. The summed E-state index contributed by atoms with van der Waals surface area (Å²) in [5, 5.41) is 10.3. The van der Waals surface area contributed by atoms with Gasteiger partial charge in [0.25, 0.3) is 0 Å². The number of oxazole rings is 1. The number of thioether (sulfide) groups is 1. The predicted molar refractivity (Wildman–Crippen MR) is 97.2 cm³/mol. The van der Waals surface area contributed by atoms with Crippen LogP contribution in [0.3, 0.4) is 0 Å². The van der Waals surface area contributed by atoms with Gasteiger partial charge in [0.05, 0.1) is 17.5 Å². The minimum atomic E-state index is 0.562. The van der Waals surface area contributed by atoms with Crippen LogP contribution in [0.5, 0.6) is 0 Å². The Hall–Kier alpha value is -2.58. The number of aromatic nitrogens is 2. The zero-order chi connectivity index (χ0) is 17.2. The van der Waals surface area contributed by atoms with Gasteiger partial charge in [0.1, 0.15) is 11.1 Å². The van der Waals surface area contributed by atoms with Crippen molar-refractivity contribution in [2.24, 2.45) is 0 Å². The molecule has 0 bridgehead atoms. The van der Waals surface area contributed by atoms with E-state index in [0.29, 0.717) is 17.2 Å². The predicted octanol–water partition coefficient (Wildman–Crippen LogP) is 4.70. The number of pyridine rings is 1. The van der Waals surface area contributed by atoms with Crippen molar-refractivity contribution in [2.45, 2.75) is 37.0 Å². The van der Waals surface area contributed by atoms with Crippen LogP contribution in [0.25, 0.3) is 11.3 Å². The van der Waals surface area contributed by atoms with Gasteiger partial charge in [-0.25, -0.2) is 9.97 Å². The van der Waals surface area contributed by atoms with E-state index in [1.54, 1.807) is 6.20 Å². The smallest absolute Gasteiger partial charge is 0.205 e. The fourth-order valence-electron chi connectivity index (χ4n) is 3.22. The number of fused-ring (bicyclic) bond motifs is 1. The number of benzene rings is 1. The molecule has 5 heteroatoms. The van der Waals surface area contributed by atoms with E-state index in [9.17, 15) is 5.26 Å². The molecule has 0 spiro atoms. The number of hydrogen-bond donors (Lipinski definition) is 0. The zero-order valence-electron chi connectivity index (χ0n) is 14.0. The highest BCUT2D eigenvalue weighted by atomic mass is 32.2. The first-order chi connectivity index (χ1) is 12.3. The summed E-state index contributed by atoms with van der Waals surface area (Å²) in [6.07, 6.45) is 4.92. The standard InChI is InChI=1S/C20H17N3OS/c1-13-15-8-5-9-17(15)23-20(16(13)10-21)25-12-19-22-11-18(24-19)14-6-3-2-4-7-14/h2-4,6-7,11H,5,8-9,12H2,1H3. The third-order valence-electron chi connectivity index (χ3n) is 4.52. The molecule has 0 atom stereocenters. The summed E-state index contributed by atoms with van der Waals surface area (Å²) in [5.74, 6) is 1.97. The Bertz CT molecular complexity index is 957. The Morgan fingerprint density at radius 3 is 2.88 bits per heavy atom. The highest BCUT2D eigenvalue weighted by molar-refractivity contribution is 7.98. The molecule has 1 aliphatic carbocycles. The number of rotatable bonds is 4. The van der Waals surface area contributed by atoms with Crippen molar-refractivity contribution in [1.29, 1.82) is 5.26 Å². The van der Waals surface area contributed by atoms with Crippen molar-refractivity contribution in [3.8, 4) is 17.4 Å². The first-order valence-corrected chi connectivity index (χ1v) is 9.30. The fourth-order valence-corrected chi connectivity index (χ4v) is 4.14. The molecule has 2 aromatic heterocycles. The van der Waals surface area contributed by atoms with Crippen LogP contribution in [0.1, 0.15) is 34.7 Å². The molecular weight excluding hydrogens is 330 g/mol. The van der Waals surface area contributed by atoms with Crippen molar-refractivity contribution in [3.63, 3.8) is 0 Å². The second kappa shape index (κ2) is 6.73. The summed E-state index contributed by atoms with van der Waals surface area (Å²) >= 11 is 1.52. The molecule has 124 valence electrons. The Morgan fingerprint density at radius 2 is 2.08 bits per heavy atom. The van der Waals surface area contributed by atoms with Crippen LogP contribution in [0.2, 0.25) is 0 Å². The molecule has 2 heterocycles. The molecule has 0 amide bonds. The monoisotopic (exact) mass is 347 g/mol. The quantitative estimate of drug-likeness (QED) is 0.640. The minimum Gasteiger partial charge on any atom is -0.440 e. The van der Waals surface area contributed by atoms with Crippen LogP contribution in [0.4, 0.5) is 0 Å². The van der Waals surface area contributed by atoms with Gasteiger partial charge in [-0.1, -0.05) is 42.1 Å². The third-order valence-corrected chi connectivity index (χ3v) is 5.48. The topological polar surface area (TPSA) is 62.7 Å². The lowest BCUT2D eigenvalue weighted by Crippen LogP contribution is -2.00. The summed E-state index contributed by atoms with van der Waals surface area (Å²) in [4.78, 5) is 9.10. The van der Waals surface area contributed by atoms with E-state index in [1.165, 1.54) is 17.3 Å². The second-order valence-corrected chi connectivity index (χ2v) is 7.04. The lowest BCUT2D eigenvalue weighted by Gasteiger charge is -2.10. The Kier molecular flexibility index (Phi) is 4.29. The maximum atomic E-state index is 9.54. The molecule has 0 fully saturated rings. The van der Waals surface area contributed by atoms with Crippen LogP contribution in [0.15, 0.2) is 46.0 Å². The average Bonchev–Trinajstić information content (AvgIpc) is 3.30. The third kappa shape index (κ3) is 3.06. The molecule has 1 aliphatic rings. The van der Waals surface area contributed by atoms with Crippen molar-refractivity contribution in [3.05, 3.63) is 64.8 Å². The zero-order valence-corrected chi connectivity index (χ0v) is 14.8. The molecule has 4 rings (SSSR count). The SMILES string of the molecule is Cc1c(C#N)c(SCc2ncc(-c3ccccc3)o2)nc2c1CCC2. The molecule has 3 aromatic rings. The number of hydrogen-bond acceptors (Lipinski definition) is 5. The van der Waals surface area contributed by atoms with Crippen LogP contribution in [0, 0.1) is 18.3 Å². The molecule has 25 heavy (non-hydrogen) atoms. The molecule has 0 radical (unpaired) electrons. The van der Waals surface area contributed by atoms with Gasteiger partial charge in [0.2, 0.25) is 5.89 Å². The van der Waals surface area contributed by atoms with Gasteiger partial charge in [-0.3, -0.25) is 0 Å². The van der Waals surface area contributed by atoms with Crippen molar-refractivity contribution >= 4 is 11.8 Å². The minimum absolute atomic E-state index is 0.562. The van der Waals surface area contributed by atoms with Crippen LogP contribution in [-0.2, 0) is 18.6 Å². The summed E-state index contributed by atoms with van der Waals surface area (Å²) < 4.78 is 5.85. The molecule has 0 N–H and O–H groups in total. The Labute approximate surface area is 150 Å². The highest BCUT2D eigenvalue weighted by Crippen LogP contribution is 2.33. The maximum absolute atomic E-state index is 9.54. The number of aryl methyl sites for hydroxylation is 1. The van der Waals surface area contributed by atoms with Crippen LogP contribution in [-0.4, -0.2) is 9.97 Å². The molecule has 1 aromatic carbocycles. The lowest BCUT2D eigenvalue weighted by atomic mass is 10.0. The summed E-state index contributed by atoms with van der Waals surface area (Å²) in [7, 11) is 0. The highest BCUT2D eigenvalue weighted by Gasteiger charge is 2.21. The average molecular weight is 347 g/mol.